The molecule has 1 aromatic carbocycles. The van der Waals surface area contributed by atoms with E-state index in [-0.39, 0.29) is 9.92 Å². The third kappa shape index (κ3) is 5.35. The maximum Gasteiger partial charge on any atom is 0.242 e. The molecule has 6 heteroatoms. The van der Waals surface area contributed by atoms with E-state index in [4.69, 9.17) is 11.6 Å². The Hall–Kier alpha value is -0.100. The minimum atomic E-state index is -3.54. The van der Waals surface area contributed by atoms with Crippen molar-refractivity contribution in [2.45, 2.75) is 44.4 Å². The molecule has 0 fully saturated rings. The van der Waals surface area contributed by atoms with Gasteiger partial charge in [0.25, 0.3) is 0 Å². The molecule has 0 saturated heterocycles. The van der Waals surface area contributed by atoms with Crippen molar-refractivity contribution in [1.29, 1.82) is 0 Å². The number of nitrogens with one attached hydrogen (secondary N) is 1. The lowest BCUT2D eigenvalue weighted by atomic mass is 10.00. The zero-order valence-corrected chi connectivity index (χ0v) is 15.0. The molecule has 0 bridgehead atoms. The number of benzene rings is 1. The van der Waals surface area contributed by atoms with Crippen LogP contribution in [-0.2, 0) is 10.0 Å². The van der Waals surface area contributed by atoms with Gasteiger partial charge < -0.3 is 0 Å². The molecule has 20 heavy (non-hydrogen) atoms. The second-order valence-corrected chi connectivity index (χ2v) is 7.90. The van der Waals surface area contributed by atoms with Gasteiger partial charge in [-0.05, 0) is 30.5 Å². The van der Waals surface area contributed by atoms with Gasteiger partial charge in [0.1, 0.15) is 4.90 Å². The van der Waals surface area contributed by atoms with Crippen LogP contribution in [-0.4, -0.2) is 15.0 Å². The first kappa shape index (κ1) is 18.0. The number of rotatable bonds is 8. The van der Waals surface area contributed by atoms with Crippen LogP contribution in [0.2, 0.25) is 5.02 Å². The van der Waals surface area contributed by atoms with E-state index in [9.17, 15) is 8.42 Å². The Morgan fingerprint density at radius 1 is 1.35 bits per heavy atom. The molecule has 0 radical (unpaired) electrons. The van der Waals surface area contributed by atoms with Gasteiger partial charge in [-0.2, -0.15) is 0 Å². The summed E-state index contributed by atoms with van der Waals surface area (Å²) in [5, 5.41) is 0.230. The van der Waals surface area contributed by atoms with Crippen LogP contribution in [0.25, 0.3) is 0 Å². The van der Waals surface area contributed by atoms with Crippen LogP contribution in [0.15, 0.2) is 27.6 Å². The summed E-state index contributed by atoms with van der Waals surface area (Å²) in [6, 6.07) is 4.78. The van der Waals surface area contributed by atoms with Gasteiger partial charge in [-0.1, -0.05) is 60.6 Å². The van der Waals surface area contributed by atoms with Crippen LogP contribution in [0.5, 0.6) is 0 Å². The zero-order chi connectivity index (χ0) is 15.2. The van der Waals surface area contributed by atoms with E-state index in [0.717, 1.165) is 30.2 Å². The van der Waals surface area contributed by atoms with Crippen LogP contribution in [0.1, 0.15) is 39.5 Å². The van der Waals surface area contributed by atoms with Crippen molar-refractivity contribution in [1.82, 2.24) is 4.72 Å². The summed E-state index contributed by atoms with van der Waals surface area (Å²) in [5.74, 6) is 0.374. The minimum Gasteiger partial charge on any atom is -0.211 e. The van der Waals surface area contributed by atoms with E-state index in [1.807, 2.05) is 0 Å². The van der Waals surface area contributed by atoms with Crippen molar-refractivity contribution in [3.63, 3.8) is 0 Å². The minimum absolute atomic E-state index is 0.132. The fourth-order valence-corrected chi connectivity index (χ4v) is 4.09. The van der Waals surface area contributed by atoms with Crippen LogP contribution in [0.3, 0.4) is 0 Å². The predicted molar refractivity (Wildman–Crippen MR) is 87.6 cm³/mol. The maximum atomic E-state index is 12.2. The zero-order valence-electron chi connectivity index (χ0n) is 11.8. The summed E-state index contributed by atoms with van der Waals surface area (Å²) in [5.41, 5.74) is 0. The van der Waals surface area contributed by atoms with Crippen molar-refractivity contribution >= 4 is 37.6 Å². The molecule has 1 unspecified atom stereocenters. The van der Waals surface area contributed by atoms with Crippen molar-refractivity contribution in [3.8, 4) is 0 Å². The molecule has 1 rings (SSSR count). The summed E-state index contributed by atoms with van der Waals surface area (Å²) < 4.78 is 27.9. The Bertz CT molecular complexity index is 534. The predicted octanol–water partition coefficient (Wildman–Crippen LogP) is 4.60. The van der Waals surface area contributed by atoms with E-state index in [1.165, 1.54) is 6.07 Å². The summed E-state index contributed by atoms with van der Waals surface area (Å²) in [7, 11) is -3.54. The molecule has 0 amide bonds. The lowest BCUT2D eigenvalue weighted by Gasteiger charge is -2.16. The molecule has 0 saturated carbocycles. The second-order valence-electron chi connectivity index (χ2n) is 4.84. The van der Waals surface area contributed by atoms with Gasteiger partial charge in [-0.15, -0.1) is 0 Å². The van der Waals surface area contributed by atoms with E-state index in [1.54, 1.807) is 12.1 Å². The van der Waals surface area contributed by atoms with Gasteiger partial charge in [0, 0.05) is 11.0 Å². The average molecular weight is 383 g/mol. The lowest BCUT2D eigenvalue weighted by molar-refractivity contribution is 0.444. The lowest BCUT2D eigenvalue weighted by Crippen LogP contribution is -2.29. The highest BCUT2D eigenvalue weighted by molar-refractivity contribution is 9.10. The van der Waals surface area contributed by atoms with Crippen LogP contribution in [0.4, 0.5) is 0 Å². The number of halogens is 2. The Morgan fingerprint density at radius 2 is 2.05 bits per heavy atom. The smallest absolute Gasteiger partial charge is 0.211 e. The van der Waals surface area contributed by atoms with E-state index in [0.29, 0.717) is 12.5 Å². The standard InChI is InChI=1S/C14H21BrClNO2S/c1-3-5-6-11(4-2)10-17-20(18,19)14-8-7-12(15)9-13(14)16/h7-9,11,17H,3-6,10H2,1-2H3. The molecule has 1 aromatic rings. The van der Waals surface area contributed by atoms with Gasteiger partial charge in [0.05, 0.1) is 5.02 Å². The Balaban J connectivity index is 2.74. The number of sulfonamides is 1. The molecule has 0 aliphatic heterocycles. The molecular formula is C14H21BrClNO2S. The monoisotopic (exact) mass is 381 g/mol. The van der Waals surface area contributed by atoms with Gasteiger partial charge in [0.2, 0.25) is 10.0 Å². The quantitative estimate of drug-likeness (QED) is 0.714. The van der Waals surface area contributed by atoms with Crippen molar-refractivity contribution in [3.05, 3.63) is 27.7 Å². The third-order valence-electron chi connectivity index (χ3n) is 3.29. The highest BCUT2D eigenvalue weighted by Crippen LogP contribution is 2.25. The average Bonchev–Trinajstić information content (AvgIpc) is 2.38. The van der Waals surface area contributed by atoms with E-state index in [2.05, 4.69) is 34.5 Å². The van der Waals surface area contributed by atoms with Gasteiger partial charge in [-0.25, -0.2) is 13.1 Å². The molecule has 114 valence electrons. The first-order valence-electron chi connectivity index (χ1n) is 6.85. The Kier molecular flexibility index (Phi) is 7.51. The third-order valence-corrected chi connectivity index (χ3v) is 5.69. The molecule has 1 atom stereocenters. The molecule has 3 nitrogen and oxygen atoms in total. The molecule has 0 spiro atoms. The first-order valence-corrected chi connectivity index (χ1v) is 9.50. The molecule has 1 N–H and O–H groups in total. The van der Waals surface area contributed by atoms with Crippen molar-refractivity contribution < 1.29 is 8.42 Å². The summed E-state index contributed by atoms with van der Waals surface area (Å²) in [4.78, 5) is 0.132. The first-order chi connectivity index (χ1) is 9.40. The highest BCUT2D eigenvalue weighted by Gasteiger charge is 2.19. The molecule has 0 aliphatic carbocycles. The number of unbranched alkanes of at least 4 members (excludes halogenated alkanes) is 1. The van der Waals surface area contributed by atoms with Crippen molar-refractivity contribution in [2.24, 2.45) is 5.92 Å². The number of hydrogen-bond donors (Lipinski definition) is 1. The van der Waals surface area contributed by atoms with Crippen molar-refractivity contribution in [2.75, 3.05) is 6.54 Å². The largest absolute Gasteiger partial charge is 0.242 e. The molecular weight excluding hydrogens is 362 g/mol. The molecule has 0 aromatic heterocycles. The fraction of sp³-hybridized carbons (Fsp3) is 0.571. The van der Waals surface area contributed by atoms with Gasteiger partial charge in [0.15, 0.2) is 0 Å². The summed E-state index contributed by atoms with van der Waals surface area (Å²) in [6.45, 7) is 4.69. The highest BCUT2D eigenvalue weighted by atomic mass is 79.9. The molecule has 0 aliphatic rings. The SMILES string of the molecule is CCCCC(CC)CNS(=O)(=O)c1ccc(Br)cc1Cl. The summed E-state index contributed by atoms with van der Waals surface area (Å²) in [6.07, 6.45) is 4.27. The topological polar surface area (TPSA) is 46.2 Å². The second kappa shape index (κ2) is 8.37. The van der Waals surface area contributed by atoms with Crippen LogP contribution in [0, 0.1) is 5.92 Å². The van der Waals surface area contributed by atoms with E-state index >= 15 is 0 Å². The summed E-state index contributed by atoms with van der Waals surface area (Å²) >= 11 is 9.26. The normalized spacial score (nSPS) is 13.4. The van der Waals surface area contributed by atoms with Crippen LogP contribution < -0.4 is 4.72 Å². The van der Waals surface area contributed by atoms with Gasteiger partial charge in [-0.3, -0.25) is 0 Å². The van der Waals surface area contributed by atoms with Gasteiger partial charge >= 0.3 is 0 Å². The Labute approximate surface area is 135 Å². The fourth-order valence-electron chi connectivity index (χ4n) is 1.94. The Morgan fingerprint density at radius 3 is 2.60 bits per heavy atom. The maximum absolute atomic E-state index is 12.2. The van der Waals surface area contributed by atoms with E-state index < -0.39 is 10.0 Å². The molecule has 0 heterocycles. The van der Waals surface area contributed by atoms with Crippen LogP contribution >= 0.6 is 27.5 Å². The number of hydrogen-bond acceptors (Lipinski definition) is 2.